The van der Waals surface area contributed by atoms with Gasteiger partial charge in [0.15, 0.2) is 6.54 Å². The van der Waals surface area contributed by atoms with Crippen molar-refractivity contribution < 1.29 is 33.9 Å². The minimum atomic E-state index is -1.86. The monoisotopic (exact) mass is 379 g/mol. The molecule has 0 bridgehead atoms. The van der Waals surface area contributed by atoms with Gasteiger partial charge in [0.1, 0.15) is 18.8 Å². The van der Waals surface area contributed by atoms with Crippen LogP contribution in [0.3, 0.4) is 0 Å². The van der Waals surface area contributed by atoms with E-state index in [9.17, 15) is 19.6 Å². The summed E-state index contributed by atoms with van der Waals surface area (Å²) in [6.07, 6.45) is 0.139. The van der Waals surface area contributed by atoms with Gasteiger partial charge in [0, 0.05) is 5.57 Å². The Kier molecular flexibility index (Phi) is 12.6. The van der Waals surface area contributed by atoms with Crippen LogP contribution in [-0.4, -0.2) is 97.6 Å². The zero-order valence-corrected chi connectivity index (χ0v) is 17.2. The molecule has 2 atom stereocenters. The molecular formula is C16H32N2O6P+. The number of aliphatic hydroxyl groups excluding tert-OH is 1. The molecule has 0 aliphatic heterocycles. The Balaban J connectivity index is 0. The quantitative estimate of drug-likeness (QED) is 0.266. The van der Waals surface area contributed by atoms with E-state index in [1.54, 1.807) is 32.8 Å². The molecule has 2 unspecified atom stereocenters. The molecule has 25 heavy (non-hydrogen) atoms. The summed E-state index contributed by atoms with van der Waals surface area (Å²) >= 11 is 0. The molecule has 0 heterocycles. The molecule has 0 spiro atoms. The van der Waals surface area contributed by atoms with E-state index in [-0.39, 0.29) is 24.3 Å². The number of quaternary nitrogens is 1. The molecule has 0 radical (unpaired) electrons. The van der Waals surface area contributed by atoms with Crippen LogP contribution in [0.2, 0.25) is 0 Å². The van der Waals surface area contributed by atoms with Crippen molar-refractivity contribution in [1.82, 2.24) is 4.90 Å². The van der Waals surface area contributed by atoms with Crippen molar-refractivity contribution >= 4 is 25.2 Å². The predicted octanol–water partition coefficient (Wildman–Crippen LogP) is 0.0926. The highest BCUT2D eigenvalue weighted by Crippen LogP contribution is 2.13. The molecule has 0 amide bonds. The number of aliphatic carboxylic acids is 1. The molecule has 0 saturated carbocycles. The largest absolute Gasteiger partial charge is 0.628 e. The summed E-state index contributed by atoms with van der Waals surface area (Å²) in [6, 6.07) is -0.380. The highest BCUT2D eigenvalue weighted by molar-refractivity contribution is 7.51. The topological polar surface area (TPSA) is 110 Å². The second-order valence-electron chi connectivity index (χ2n) is 6.86. The Morgan fingerprint density at radius 2 is 1.76 bits per heavy atom. The summed E-state index contributed by atoms with van der Waals surface area (Å²) in [6.45, 7) is 6.97. The van der Waals surface area contributed by atoms with E-state index in [0.29, 0.717) is 16.6 Å². The number of hydrogen-bond acceptors (Lipinski definition) is 5. The first kappa shape index (κ1) is 25.9. The Morgan fingerprint density at radius 3 is 2.04 bits per heavy atom. The average Bonchev–Trinajstić information content (AvgIpc) is 2.44. The number of rotatable bonds is 8. The molecule has 0 aromatic heterocycles. The lowest BCUT2D eigenvalue weighted by molar-refractivity contribution is -0.861. The van der Waals surface area contributed by atoms with Gasteiger partial charge in [-0.3, -0.25) is 9.69 Å². The summed E-state index contributed by atoms with van der Waals surface area (Å²) < 4.78 is 5.30. The van der Waals surface area contributed by atoms with E-state index < -0.39 is 19.7 Å². The first-order chi connectivity index (χ1) is 11.2. The summed E-state index contributed by atoms with van der Waals surface area (Å²) in [4.78, 5) is 34.4. The first-order valence-corrected chi connectivity index (χ1v) is 9.15. The van der Waals surface area contributed by atoms with Gasteiger partial charge < -0.3 is 24.3 Å². The number of carbonyl (C=O) groups excluding carboxylic acids is 1. The number of hydrogen-bond donors (Lipinski definition) is 2. The van der Waals surface area contributed by atoms with Crippen LogP contribution in [0.1, 0.15) is 13.8 Å². The molecule has 0 fully saturated rings. The SMILES string of the molecule is C=C(C)C(=O)OCC/[P+]([O-])=C(\O)C[N+](C)(C)C.CC(C(=O)O)N(C)C. The lowest BCUT2D eigenvalue weighted by Crippen LogP contribution is -2.39. The fourth-order valence-corrected chi connectivity index (χ4v) is 2.29. The smallest absolute Gasteiger partial charge is 0.333 e. The molecule has 0 rings (SSSR count). The molecule has 2 N–H and O–H groups in total. The lowest BCUT2D eigenvalue weighted by atomic mass is 10.3. The molecule has 0 aromatic carbocycles. The molecule has 0 aliphatic carbocycles. The number of ether oxygens (including phenoxy) is 1. The van der Waals surface area contributed by atoms with Crippen molar-refractivity contribution in [2.75, 3.05) is 54.6 Å². The van der Waals surface area contributed by atoms with Crippen LogP contribution >= 0.6 is 7.77 Å². The number of carbonyl (C=O) groups is 2. The maximum Gasteiger partial charge on any atom is 0.333 e. The number of nitrogens with zero attached hydrogens (tertiary/aromatic N) is 2. The van der Waals surface area contributed by atoms with Crippen LogP contribution < -0.4 is 4.89 Å². The normalized spacial score (nSPS) is 13.4. The van der Waals surface area contributed by atoms with E-state index in [2.05, 4.69) is 6.58 Å². The minimum Gasteiger partial charge on any atom is -0.628 e. The van der Waals surface area contributed by atoms with E-state index in [4.69, 9.17) is 9.84 Å². The average molecular weight is 379 g/mol. The van der Waals surface area contributed by atoms with Crippen molar-refractivity contribution in [3.63, 3.8) is 0 Å². The number of aliphatic hydroxyl groups is 1. The van der Waals surface area contributed by atoms with Crippen LogP contribution in [0.4, 0.5) is 0 Å². The fourth-order valence-electron chi connectivity index (χ4n) is 1.20. The minimum absolute atomic E-state index is 0.0299. The zero-order valence-electron chi connectivity index (χ0n) is 16.3. The second-order valence-corrected chi connectivity index (χ2v) is 8.58. The molecule has 0 saturated heterocycles. The maximum atomic E-state index is 11.6. The van der Waals surface area contributed by atoms with Crippen LogP contribution in [0.5, 0.6) is 0 Å². The zero-order chi connectivity index (χ0) is 20.4. The van der Waals surface area contributed by atoms with Crippen molar-refractivity contribution in [3.8, 4) is 0 Å². The van der Waals surface area contributed by atoms with Gasteiger partial charge in [0.05, 0.1) is 28.9 Å². The van der Waals surface area contributed by atoms with Gasteiger partial charge in [-0.1, -0.05) is 6.58 Å². The highest BCUT2D eigenvalue weighted by atomic mass is 31.1. The lowest BCUT2D eigenvalue weighted by Gasteiger charge is -2.22. The van der Waals surface area contributed by atoms with Gasteiger partial charge in [0.2, 0.25) is 0 Å². The Morgan fingerprint density at radius 1 is 1.28 bits per heavy atom. The standard InChI is InChI=1S/C11H20NO4P.C5H11NO2/c1-9(2)11(14)16-6-7-17(15)10(13)8-12(3,4)5;1-4(5(7)8)6(2)3/h1,6-8H2,2-5H3;4H,1-3H3,(H,7,8)/p+1. The third kappa shape index (κ3) is 14.7. The van der Waals surface area contributed by atoms with Crippen molar-refractivity contribution in [1.29, 1.82) is 0 Å². The first-order valence-electron chi connectivity index (χ1n) is 7.70. The molecule has 9 heteroatoms. The molecule has 0 aromatic rings. The Hall–Kier alpha value is -1.31. The maximum absolute atomic E-state index is 11.6. The van der Waals surface area contributed by atoms with E-state index in [0.717, 1.165) is 0 Å². The van der Waals surface area contributed by atoms with Gasteiger partial charge in [0.25, 0.3) is 5.48 Å². The van der Waals surface area contributed by atoms with Crippen molar-refractivity contribution in [2.24, 2.45) is 0 Å². The summed E-state index contributed by atoms with van der Waals surface area (Å²) in [7, 11) is 7.28. The molecule has 146 valence electrons. The third-order valence-corrected chi connectivity index (χ3v) is 4.22. The van der Waals surface area contributed by atoms with Crippen molar-refractivity contribution in [3.05, 3.63) is 12.2 Å². The number of likely N-dealkylation sites (N-methyl/N-ethyl adjacent to an activating group) is 2. The Labute approximate surface area is 151 Å². The number of carboxylic acid groups (broad SMARTS) is 1. The van der Waals surface area contributed by atoms with Gasteiger partial charge >= 0.3 is 11.9 Å². The summed E-state index contributed by atoms with van der Waals surface area (Å²) in [5.74, 6) is -1.28. The third-order valence-electron chi connectivity index (χ3n) is 2.91. The van der Waals surface area contributed by atoms with Gasteiger partial charge in [-0.15, -0.1) is 0 Å². The molecule has 8 nitrogen and oxygen atoms in total. The van der Waals surface area contributed by atoms with Gasteiger partial charge in [-0.2, -0.15) is 0 Å². The van der Waals surface area contributed by atoms with E-state index in [1.807, 2.05) is 21.1 Å². The van der Waals surface area contributed by atoms with Crippen molar-refractivity contribution in [2.45, 2.75) is 19.9 Å². The summed E-state index contributed by atoms with van der Waals surface area (Å²) in [5, 5.41) is 17.9. The Bertz CT molecular complexity index is 497. The second kappa shape index (κ2) is 12.1. The fraction of sp³-hybridized carbons (Fsp3) is 0.688. The van der Waals surface area contributed by atoms with E-state index in [1.165, 1.54) is 0 Å². The van der Waals surface area contributed by atoms with Crippen LogP contribution in [0, 0.1) is 0 Å². The highest BCUT2D eigenvalue weighted by Gasteiger charge is 2.17. The van der Waals surface area contributed by atoms with E-state index >= 15 is 0 Å². The van der Waals surface area contributed by atoms with Crippen LogP contribution in [-0.2, 0) is 14.3 Å². The van der Waals surface area contributed by atoms with Crippen LogP contribution in [0.25, 0.3) is 0 Å². The number of esters is 1. The number of carboxylic acids is 1. The van der Waals surface area contributed by atoms with Gasteiger partial charge in [-0.05, 0) is 27.9 Å². The molecule has 0 aliphatic rings. The van der Waals surface area contributed by atoms with Gasteiger partial charge in [-0.25, -0.2) is 4.79 Å². The molecular weight excluding hydrogens is 347 g/mol. The van der Waals surface area contributed by atoms with Crippen LogP contribution in [0.15, 0.2) is 12.2 Å². The summed E-state index contributed by atoms with van der Waals surface area (Å²) in [5.41, 5.74) is 0.263. The predicted molar refractivity (Wildman–Crippen MR) is 98.2 cm³/mol.